The smallest absolute Gasteiger partial charge is 0.355 e. The summed E-state index contributed by atoms with van der Waals surface area (Å²) in [5.41, 5.74) is 4.40. The minimum Gasteiger partial charge on any atom is -0.510 e. The third-order valence-electron chi connectivity index (χ3n) is 0.879. The molecular weight excluding hydrogens is 134 g/mol. The van der Waals surface area contributed by atoms with Crippen molar-refractivity contribution in [1.82, 2.24) is 0 Å². The van der Waals surface area contributed by atoms with Gasteiger partial charge >= 0.3 is 5.97 Å². The molecule has 0 unspecified atom stereocenters. The van der Waals surface area contributed by atoms with Gasteiger partial charge in [0, 0.05) is 6.42 Å². The lowest BCUT2D eigenvalue weighted by atomic mass is 10.3. The van der Waals surface area contributed by atoms with Crippen molar-refractivity contribution in [3.05, 3.63) is 24.1 Å². The Labute approximate surface area is 58.3 Å². The molecule has 0 fully saturated rings. The van der Waals surface area contributed by atoms with Crippen molar-refractivity contribution in [2.24, 2.45) is 5.73 Å². The van der Waals surface area contributed by atoms with E-state index in [4.69, 9.17) is 15.9 Å². The van der Waals surface area contributed by atoms with Crippen LogP contribution in [0.15, 0.2) is 24.1 Å². The van der Waals surface area contributed by atoms with Gasteiger partial charge in [-0.1, -0.05) is 6.08 Å². The van der Waals surface area contributed by atoms with E-state index < -0.39 is 11.7 Å². The molecule has 10 heavy (non-hydrogen) atoms. The SMILES string of the molecule is C=CC/C(O)=C(/N)C(=O)O. The number of hydrogen-bond donors (Lipinski definition) is 3. The second-order valence-electron chi connectivity index (χ2n) is 1.66. The maximum Gasteiger partial charge on any atom is 0.355 e. The van der Waals surface area contributed by atoms with Gasteiger partial charge in [0.15, 0.2) is 5.70 Å². The van der Waals surface area contributed by atoms with E-state index in [0.29, 0.717) is 0 Å². The molecule has 4 nitrogen and oxygen atoms in total. The molecule has 0 aromatic heterocycles. The first kappa shape index (κ1) is 8.55. The predicted molar refractivity (Wildman–Crippen MR) is 36.3 cm³/mol. The zero-order valence-electron chi connectivity index (χ0n) is 5.37. The van der Waals surface area contributed by atoms with E-state index in [1.54, 1.807) is 0 Å². The molecule has 4 N–H and O–H groups in total. The standard InChI is InChI=1S/C6H9NO3/c1-2-3-4(8)5(7)6(9)10/h2,8H,1,3,7H2,(H,9,10)/b5-4-. The van der Waals surface area contributed by atoms with Crippen LogP contribution in [0.25, 0.3) is 0 Å². The molecule has 0 aromatic carbocycles. The van der Waals surface area contributed by atoms with Gasteiger partial charge in [-0.2, -0.15) is 0 Å². The van der Waals surface area contributed by atoms with Crippen LogP contribution in [0.3, 0.4) is 0 Å². The summed E-state index contributed by atoms with van der Waals surface area (Å²) in [5.74, 6) is -1.68. The second kappa shape index (κ2) is 3.55. The first-order valence-electron chi connectivity index (χ1n) is 2.61. The Kier molecular flexibility index (Phi) is 3.04. The van der Waals surface area contributed by atoms with E-state index in [-0.39, 0.29) is 12.2 Å². The summed E-state index contributed by atoms with van der Waals surface area (Å²) in [7, 11) is 0. The molecule has 0 saturated carbocycles. The first-order valence-corrected chi connectivity index (χ1v) is 2.61. The number of aliphatic carboxylic acids is 1. The number of allylic oxidation sites excluding steroid dienone is 1. The number of aliphatic hydroxyl groups excluding tert-OH is 1. The number of carboxylic acid groups (broad SMARTS) is 1. The van der Waals surface area contributed by atoms with E-state index in [9.17, 15) is 4.79 Å². The number of rotatable bonds is 3. The highest BCUT2D eigenvalue weighted by molar-refractivity contribution is 5.85. The molecule has 0 aliphatic carbocycles. The van der Waals surface area contributed by atoms with Crippen LogP contribution in [0.4, 0.5) is 0 Å². The summed E-state index contributed by atoms with van der Waals surface area (Å²) >= 11 is 0. The first-order chi connectivity index (χ1) is 4.59. The van der Waals surface area contributed by atoms with Gasteiger partial charge in [-0.3, -0.25) is 0 Å². The average molecular weight is 143 g/mol. The van der Waals surface area contributed by atoms with Crippen molar-refractivity contribution < 1.29 is 15.0 Å². The molecule has 0 saturated heterocycles. The minimum atomic E-state index is -1.32. The van der Waals surface area contributed by atoms with Crippen molar-refractivity contribution in [2.75, 3.05) is 0 Å². The Morgan fingerprint density at radius 3 is 2.40 bits per heavy atom. The van der Waals surface area contributed by atoms with Gasteiger partial charge < -0.3 is 15.9 Å². The minimum absolute atomic E-state index is 0.0815. The zero-order chi connectivity index (χ0) is 8.15. The molecule has 56 valence electrons. The molecule has 0 spiro atoms. The van der Waals surface area contributed by atoms with Gasteiger partial charge in [-0.05, 0) is 0 Å². The van der Waals surface area contributed by atoms with E-state index in [1.165, 1.54) is 6.08 Å². The average Bonchev–Trinajstić information content (AvgIpc) is 1.87. The van der Waals surface area contributed by atoms with Gasteiger partial charge in [0.05, 0.1) is 0 Å². The summed E-state index contributed by atoms with van der Waals surface area (Å²) in [6, 6.07) is 0. The Hall–Kier alpha value is -1.45. The largest absolute Gasteiger partial charge is 0.510 e. The van der Waals surface area contributed by atoms with Crippen LogP contribution < -0.4 is 5.73 Å². The maximum absolute atomic E-state index is 10.0. The zero-order valence-corrected chi connectivity index (χ0v) is 5.37. The Morgan fingerprint density at radius 1 is 1.60 bits per heavy atom. The Morgan fingerprint density at radius 2 is 2.10 bits per heavy atom. The molecule has 0 aliphatic rings. The monoisotopic (exact) mass is 143 g/mol. The fraction of sp³-hybridized carbons (Fsp3) is 0.167. The van der Waals surface area contributed by atoms with Gasteiger partial charge in [0.25, 0.3) is 0 Å². The van der Waals surface area contributed by atoms with Crippen molar-refractivity contribution in [3.63, 3.8) is 0 Å². The van der Waals surface area contributed by atoms with Crippen molar-refractivity contribution in [3.8, 4) is 0 Å². The number of nitrogens with two attached hydrogens (primary N) is 1. The normalized spacial score (nSPS) is 12.0. The predicted octanol–water partition coefficient (Wildman–Crippen LogP) is 0.375. The van der Waals surface area contributed by atoms with Crippen LogP contribution in [0.5, 0.6) is 0 Å². The van der Waals surface area contributed by atoms with Crippen molar-refractivity contribution >= 4 is 5.97 Å². The molecule has 0 amide bonds. The van der Waals surface area contributed by atoms with Gasteiger partial charge in [-0.25, -0.2) is 4.79 Å². The van der Waals surface area contributed by atoms with Crippen LogP contribution in [0, 0.1) is 0 Å². The second-order valence-corrected chi connectivity index (χ2v) is 1.66. The van der Waals surface area contributed by atoms with E-state index in [0.717, 1.165) is 0 Å². The van der Waals surface area contributed by atoms with Crippen molar-refractivity contribution in [1.29, 1.82) is 0 Å². The Bertz CT molecular complexity index is 183. The summed E-state index contributed by atoms with van der Waals surface area (Å²) in [6.07, 6.45) is 1.45. The fourth-order valence-corrected chi connectivity index (χ4v) is 0.370. The molecule has 0 aromatic rings. The van der Waals surface area contributed by atoms with Gasteiger partial charge in [-0.15, -0.1) is 6.58 Å². The van der Waals surface area contributed by atoms with Gasteiger partial charge in [0.2, 0.25) is 0 Å². The lowest BCUT2D eigenvalue weighted by Crippen LogP contribution is -2.12. The quantitative estimate of drug-likeness (QED) is 0.303. The van der Waals surface area contributed by atoms with Crippen LogP contribution in [-0.2, 0) is 4.79 Å². The molecule has 0 heterocycles. The molecule has 4 heteroatoms. The summed E-state index contributed by atoms with van der Waals surface area (Å²) in [5, 5.41) is 17.0. The molecule has 0 aliphatic heterocycles. The third-order valence-corrected chi connectivity index (χ3v) is 0.879. The molecule has 0 radical (unpaired) electrons. The van der Waals surface area contributed by atoms with Gasteiger partial charge in [0.1, 0.15) is 5.76 Å². The number of hydrogen-bond acceptors (Lipinski definition) is 3. The Balaban J connectivity index is 4.33. The van der Waals surface area contributed by atoms with E-state index >= 15 is 0 Å². The maximum atomic E-state index is 10.0. The number of carbonyl (C=O) groups is 1. The highest BCUT2D eigenvalue weighted by Gasteiger charge is 2.06. The summed E-state index contributed by atoms with van der Waals surface area (Å²) in [6.45, 7) is 3.30. The fourth-order valence-electron chi connectivity index (χ4n) is 0.370. The molecule has 0 rings (SSSR count). The molecule has 0 bridgehead atoms. The third kappa shape index (κ3) is 2.21. The summed E-state index contributed by atoms with van der Waals surface area (Å²) < 4.78 is 0. The van der Waals surface area contributed by atoms with Crippen LogP contribution in [0.2, 0.25) is 0 Å². The van der Waals surface area contributed by atoms with Crippen molar-refractivity contribution in [2.45, 2.75) is 6.42 Å². The molecule has 0 atom stereocenters. The van der Waals surface area contributed by atoms with Crippen LogP contribution in [-0.4, -0.2) is 16.2 Å². The van der Waals surface area contributed by atoms with Crippen LogP contribution >= 0.6 is 0 Å². The topological polar surface area (TPSA) is 83.5 Å². The lowest BCUT2D eigenvalue weighted by molar-refractivity contribution is -0.132. The van der Waals surface area contributed by atoms with E-state index in [2.05, 4.69) is 6.58 Å². The number of aliphatic hydroxyl groups is 1. The summed E-state index contributed by atoms with van der Waals surface area (Å²) in [4.78, 5) is 10.0. The molecular formula is C6H9NO3. The highest BCUT2D eigenvalue weighted by atomic mass is 16.4. The van der Waals surface area contributed by atoms with E-state index in [1.807, 2.05) is 0 Å². The van der Waals surface area contributed by atoms with Crippen LogP contribution in [0.1, 0.15) is 6.42 Å². The lowest BCUT2D eigenvalue weighted by Gasteiger charge is -1.96. The highest BCUT2D eigenvalue weighted by Crippen LogP contribution is 2.00. The number of carboxylic acids is 1.